The third-order valence-electron chi connectivity index (χ3n) is 2.55. The van der Waals surface area contributed by atoms with Gasteiger partial charge in [-0.25, -0.2) is 18.4 Å². The molecule has 0 aliphatic rings. The Bertz CT molecular complexity index is 758. The van der Waals surface area contributed by atoms with Crippen LogP contribution in [-0.4, -0.2) is 36.8 Å². The van der Waals surface area contributed by atoms with Crippen LogP contribution in [0, 0.1) is 0 Å². The minimum atomic E-state index is -3.37. The van der Waals surface area contributed by atoms with E-state index in [4.69, 9.17) is 0 Å². The van der Waals surface area contributed by atoms with Gasteiger partial charge in [0.15, 0.2) is 14.9 Å². The van der Waals surface area contributed by atoms with Crippen LogP contribution < -0.4 is 5.32 Å². The Morgan fingerprint density at radius 3 is 2.57 bits per heavy atom. The van der Waals surface area contributed by atoms with Crippen LogP contribution in [0.2, 0.25) is 0 Å². The minimum Gasteiger partial charge on any atom is -0.306 e. The lowest BCUT2D eigenvalue weighted by Crippen LogP contribution is -2.14. The average molecular weight is 323 g/mol. The molecule has 0 bridgehead atoms. The first-order valence-corrected chi connectivity index (χ1v) is 9.00. The first kappa shape index (κ1) is 15.5. The van der Waals surface area contributed by atoms with Gasteiger partial charge in [-0.2, -0.15) is 0 Å². The number of aromatic nitrogens is 2. The predicted octanol–water partition coefficient (Wildman–Crippen LogP) is 1.85. The molecule has 0 saturated heterocycles. The normalized spacial score (nSPS) is 11.1. The standard InChI is InChI=1S/C13H13N3O3S2/c1-20-11-5-3-4-10(15-11)16-13(17)9-6-7-12(14-8-9)21(2,18)19/h3-8H,1-2H3,(H,15,16,17). The van der Waals surface area contributed by atoms with E-state index in [1.54, 1.807) is 12.1 Å². The highest BCUT2D eigenvalue weighted by Crippen LogP contribution is 2.15. The Kier molecular flexibility index (Phi) is 4.59. The highest BCUT2D eigenvalue weighted by molar-refractivity contribution is 7.98. The summed E-state index contributed by atoms with van der Waals surface area (Å²) >= 11 is 1.47. The monoisotopic (exact) mass is 323 g/mol. The van der Waals surface area contributed by atoms with Crippen molar-refractivity contribution in [2.24, 2.45) is 0 Å². The second-order valence-corrected chi connectivity index (χ2v) is 6.97. The molecule has 0 aliphatic carbocycles. The summed E-state index contributed by atoms with van der Waals surface area (Å²) in [7, 11) is -3.37. The van der Waals surface area contributed by atoms with Gasteiger partial charge in [-0.1, -0.05) is 6.07 Å². The molecule has 8 heteroatoms. The lowest BCUT2D eigenvalue weighted by molar-refractivity contribution is 0.102. The molecule has 2 aromatic rings. The molecule has 0 saturated carbocycles. The van der Waals surface area contributed by atoms with Gasteiger partial charge in [0.2, 0.25) is 0 Å². The molecule has 2 heterocycles. The molecule has 2 rings (SSSR count). The van der Waals surface area contributed by atoms with Crippen molar-refractivity contribution in [3.63, 3.8) is 0 Å². The minimum absolute atomic E-state index is 0.0680. The van der Waals surface area contributed by atoms with E-state index in [-0.39, 0.29) is 10.6 Å². The van der Waals surface area contributed by atoms with E-state index < -0.39 is 15.7 Å². The van der Waals surface area contributed by atoms with Crippen LogP contribution in [0.4, 0.5) is 5.82 Å². The number of pyridine rings is 2. The lowest BCUT2D eigenvalue weighted by Gasteiger charge is -2.05. The van der Waals surface area contributed by atoms with E-state index in [2.05, 4.69) is 15.3 Å². The Balaban J connectivity index is 2.16. The molecular formula is C13H13N3O3S2. The van der Waals surface area contributed by atoms with Gasteiger partial charge in [-0.3, -0.25) is 4.79 Å². The summed E-state index contributed by atoms with van der Waals surface area (Å²) in [5, 5.41) is 3.36. The van der Waals surface area contributed by atoms with Crippen molar-refractivity contribution >= 4 is 33.3 Å². The zero-order valence-electron chi connectivity index (χ0n) is 11.4. The van der Waals surface area contributed by atoms with Crippen LogP contribution in [0.5, 0.6) is 0 Å². The van der Waals surface area contributed by atoms with Gasteiger partial charge in [0.1, 0.15) is 5.82 Å². The number of nitrogens with one attached hydrogen (secondary N) is 1. The number of hydrogen-bond donors (Lipinski definition) is 1. The topological polar surface area (TPSA) is 89.0 Å². The van der Waals surface area contributed by atoms with Crippen molar-refractivity contribution in [1.29, 1.82) is 0 Å². The number of hydrogen-bond acceptors (Lipinski definition) is 6. The van der Waals surface area contributed by atoms with Crippen molar-refractivity contribution in [3.05, 3.63) is 42.1 Å². The number of carbonyl (C=O) groups is 1. The maximum absolute atomic E-state index is 12.0. The quantitative estimate of drug-likeness (QED) is 0.864. The molecule has 1 amide bonds. The highest BCUT2D eigenvalue weighted by Gasteiger charge is 2.12. The molecule has 0 spiro atoms. The van der Waals surface area contributed by atoms with Crippen LogP contribution in [0.1, 0.15) is 10.4 Å². The van der Waals surface area contributed by atoms with Crippen LogP contribution in [0.25, 0.3) is 0 Å². The smallest absolute Gasteiger partial charge is 0.258 e. The molecule has 0 aromatic carbocycles. The van der Waals surface area contributed by atoms with E-state index in [0.29, 0.717) is 5.82 Å². The number of anilines is 1. The number of amides is 1. The van der Waals surface area contributed by atoms with Crippen molar-refractivity contribution in [2.45, 2.75) is 10.1 Å². The highest BCUT2D eigenvalue weighted by atomic mass is 32.2. The molecule has 110 valence electrons. The average Bonchev–Trinajstić information content (AvgIpc) is 2.46. The van der Waals surface area contributed by atoms with Crippen LogP contribution in [-0.2, 0) is 9.84 Å². The van der Waals surface area contributed by atoms with Crippen molar-refractivity contribution < 1.29 is 13.2 Å². The fraction of sp³-hybridized carbons (Fsp3) is 0.154. The number of rotatable bonds is 4. The number of thioether (sulfide) groups is 1. The zero-order chi connectivity index (χ0) is 15.5. The number of nitrogens with zero attached hydrogens (tertiary/aromatic N) is 2. The molecule has 0 aliphatic heterocycles. The second kappa shape index (κ2) is 6.23. The summed E-state index contributed by atoms with van der Waals surface area (Å²) in [6.07, 6.45) is 4.18. The maximum atomic E-state index is 12.0. The Labute approximate surface area is 126 Å². The summed E-state index contributed by atoms with van der Waals surface area (Å²) in [6.45, 7) is 0. The second-order valence-electron chi connectivity index (χ2n) is 4.18. The Morgan fingerprint density at radius 2 is 2.00 bits per heavy atom. The molecule has 0 unspecified atom stereocenters. The van der Waals surface area contributed by atoms with Crippen molar-refractivity contribution in [3.8, 4) is 0 Å². The fourth-order valence-electron chi connectivity index (χ4n) is 1.52. The van der Waals surface area contributed by atoms with Gasteiger partial charge in [0.25, 0.3) is 5.91 Å². The fourth-order valence-corrected chi connectivity index (χ4v) is 2.48. The van der Waals surface area contributed by atoms with Gasteiger partial charge in [0, 0.05) is 12.5 Å². The van der Waals surface area contributed by atoms with Gasteiger partial charge >= 0.3 is 0 Å². The predicted molar refractivity (Wildman–Crippen MR) is 81.3 cm³/mol. The zero-order valence-corrected chi connectivity index (χ0v) is 13.0. The Hall–Kier alpha value is -1.93. The van der Waals surface area contributed by atoms with Crippen LogP contribution in [0.15, 0.2) is 46.6 Å². The third kappa shape index (κ3) is 4.02. The van der Waals surface area contributed by atoms with Crippen molar-refractivity contribution in [2.75, 3.05) is 17.8 Å². The molecule has 0 fully saturated rings. The molecular weight excluding hydrogens is 310 g/mol. The molecule has 0 atom stereocenters. The largest absolute Gasteiger partial charge is 0.306 e. The molecule has 1 N–H and O–H groups in total. The molecule has 2 aromatic heterocycles. The summed E-state index contributed by atoms with van der Waals surface area (Å²) in [4.78, 5) is 20.0. The summed E-state index contributed by atoms with van der Waals surface area (Å²) < 4.78 is 22.6. The maximum Gasteiger partial charge on any atom is 0.258 e. The first-order valence-electron chi connectivity index (χ1n) is 5.88. The van der Waals surface area contributed by atoms with Crippen LogP contribution in [0.3, 0.4) is 0 Å². The van der Waals surface area contributed by atoms with Gasteiger partial charge in [0.05, 0.1) is 10.6 Å². The summed E-state index contributed by atoms with van der Waals surface area (Å²) in [5.74, 6) is 0.0346. The van der Waals surface area contributed by atoms with Crippen molar-refractivity contribution in [1.82, 2.24) is 9.97 Å². The van der Waals surface area contributed by atoms with Crippen LogP contribution >= 0.6 is 11.8 Å². The Morgan fingerprint density at radius 1 is 1.24 bits per heavy atom. The molecule has 6 nitrogen and oxygen atoms in total. The first-order chi connectivity index (χ1) is 9.90. The van der Waals surface area contributed by atoms with Gasteiger partial charge in [-0.05, 0) is 30.5 Å². The van der Waals surface area contributed by atoms with E-state index in [9.17, 15) is 13.2 Å². The summed E-state index contributed by atoms with van der Waals surface area (Å²) in [6, 6.07) is 8.02. The SMILES string of the molecule is CSc1cccc(NC(=O)c2ccc(S(C)(=O)=O)nc2)n1. The number of carbonyl (C=O) groups excluding carboxylic acids is 1. The van der Waals surface area contributed by atoms with Gasteiger partial charge in [-0.15, -0.1) is 11.8 Å². The third-order valence-corrected chi connectivity index (χ3v) is 4.20. The summed E-state index contributed by atoms with van der Waals surface area (Å²) in [5.41, 5.74) is 0.263. The van der Waals surface area contributed by atoms with E-state index in [1.807, 2.05) is 12.3 Å². The molecule has 21 heavy (non-hydrogen) atoms. The van der Waals surface area contributed by atoms with E-state index in [0.717, 1.165) is 11.3 Å². The van der Waals surface area contributed by atoms with Gasteiger partial charge < -0.3 is 5.32 Å². The van der Waals surface area contributed by atoms with E-state index >= 15 is 0 Å². The number of sulfone groups is 1. The van der Waals surface area contributed by atoms with E-state index in [1.165, 1.54) is 30.1 Å². The lowest BCUT2D eigenvalue weighted by atomic mass is 10.2. The molecule has 0 radical (unpaired) electrons.